The fourth-order valence-corrected chi connectivity index (χ4v) is 5.79. The largest absolute Gasteiger partial charge is 0.481 e. The zero-order valence-electron chi connectivity index (χ0n) is 20.8. The van der Waals surface area contributed by atoms with Crippen molar-refractivity contribution < 1.29 is 28.2 Å². The van der Waals surface area contributed by atoms with E-state index in [0.717, 1.165) is 36.0 Å². The van der Waals surface area contributed by atoms with Crippen LogP contribution < -0.4 is 5.32 Å². The molecule has 0 atom stereocenters. The van der Waals surface area contributed by atoms with Crippen LogP contribution in [0.15, 0.2) is 28.6 Å². The van der Waals surface area contributed by atoms with Crippen molar-refractivity contribution in [2.45, 2.75) is 63.3 Å². The standard InChI is InChI=1S/C25H33F2N3O4S2/c1-16-4-8-19(9-5-16)30(10-11-34-14-17-6-7-18(26)12-20(17)27)24(33)29-23-28-13-21(36-23)35-15-25(2,3)22(31)32/h6-7,12-13,16,19H,4-5,8-11,14-15H2,1-3H3,(H,31,32)(H,28,29,33)/t16-,19-. The van der Waals surface area contributed by atoms with Crippen LogP contribution in [-0.2, 0) is 16.1 Å². The number of anilines is 1. The first-order valence-electron chi connectivity index (χ1n) is 12.0. The van der Waals surface area contributed by atoms with Gasteiger partial charge in [0.2, 0.25) is 0 Å². The van der Waals surface area contributed by atoms with Gasteiger partial charge < -0.3 is 14.7 Å². The number of amides is 2. The number of ether oxygens (including phenoxy) is 1. The molecule has 36 heavy (non-hydrogen) atoms. The van der Waals surface area contributed by atoms with E-state index >= 15 is 0 Å². The summed E-state index contributed by atoms with van der Waals surface area (Å²) in [5.74, 6) is -1.15. The third-order valence-electron chi connectivity index (χ3n) is 6.29. The molecule has 1 saturated carbocycles. The first kappa shape index (κ1) is 28.3. The molecule has 1 aromatic carbocycles. The van der Waals surface area contributed by atoms with E-state index in [0.29, 0.717) is 23.3 Å². The van der Waals surface area contributed by atoms with Crippen molar-refractivity contribution in [3.05, 3.63) is 41.6 Å². The number of aliphatic carboxylic acids is 1. The number of urea groups is 1. The lowest BCUT2D eigenvalue weighted by Gasteiger charge is -2.36. The highest BCUT2D eigenvalue weighted by molar-refractivity contribution is 8.01. The summed E-state index contributed by atoms with van der Waals surface area (Å²) in [7, 11) is 0. The van der Waals surface area contributed by atoms with Gasteiger partial charge in [-0.05, 0) is 51.5 Å². The summed E-state index contributed by atoms with van der Waals surface area (Å²) in [5, 5.41) is 12.6. The average molecular weight is 542 g/mol. The zero-order chi connectivity index (χ0) is 26.3. The molecule has 1 aliphatic rings. The Labute approximate surface area is 218 Å². The topological polar surface area (TPSA) is 91.8 Å². The molecule has 0 spiro atoms. The summed E-state index contributed by atoms with van der Waals surface area (Å²) in [6.07, 6.45) is 5.49. The summed E-state index contributed by atoms with van der Waals surface area (Å²) in [4.78, 5) is 30.6. The maximum atomic E-state index is 13.9. The molecule has 0 unspecified atom stereocenters. The molecule has 0 radical (unpaired) electrons. The lowest BCUT2D eigenvalue weighted by atomic mass is 9.86. The van der Waals surface area contributed by atoms with Gasteiger partial charge in [-0.15, -0.1) is 11.8 Å². The fourth-order valence-electron chi connectivity index (χ4n) is 3.85. The number of thiazole rings is 1. The Kier molecular flexibility index (Phi) is 10.1. The number of benzene rings is 1. The number of nitrogens with zero attached hydrogens (tertiary/aromatic N) is 2. The number of rotatable bonds is 11. The number of carbonyl (C=O) groups excluding carboxylic acids is 1. The summed E-state index contributed by atoms with van der Waals surface area (Å²) >= 11 is 2.70. The maximum absolute atomic E-state index is 13.9. The summed E-state index contributed by atoms with van der Waals surface area (Å²) < 4.78 is 33.4. The van der Waals surface area contributed by atoms with Crippen LogP contribution in [0.2, 0.25) is 0 Å². The van der Waals surface area contributed by atoms with Gasteiger partial charge in [0.25, 0.3) is 0 Å². The number of carboxylic acid groups (broad SMARTS) is 1. The highest BCUT2D eigenvalue weighted by Gasteiger charge is 2.29. The molecule has 2 N–H and O–H groups in total. The number of hydrogen-bond donors (Lipinski definition) is 2. The average Bonchev–Trinajstić information content (AvgIpc) is 3.27. The van der Waals surface area contributed by atoms with Crippen molar-refractivity contribution in [2.24, 2.45) is 11.3 Å². The first-order valence-corrected chi connectivity index (χ1v) is 13.8. The molecular weight excluding hydrogens is 508 g/mol. The number of nitrogens with one attached hydrogen (secondary N) is 1. The third kappa shape index (κ3) is 8.14. The van der Waals surface area contributed by atoms with Gasteiger partial charge in [0.05, 0.1) is 29.0 Å². The molecule has 1 aliphatic carbocycles. The van der Waals surface area contributed by atoms with Crippen molar-refractivity contribution in [2.75, 3.05) is 24.2 Å². The van der Waals surface area contributed by atoms with E-state index in [9.17, 15) is 23.5 Å². The Morgan fingerprint density at radius 3 is 2.67 bits per heavy atom. The minimum Gasteiger partial charge on any atom is -0.481 e. The Hall–Kier alpha value is -2.24. The number of thioether (sulfide) groups is 1. The van der Waals surface area contributed by atoms with E-state index in [-0.39, 0.29) is 30.9 Å². The molecule has 7 nitrogen and oxygen atoms in total. The van der Waals surface area contributed by atoms with E-state index < -0.39 is 23.0 Å². The van der Waals surface area contributed by atoms with Crippen LogP contribution >= 0.6 is 23.1 Å². The van der Waals surface area contributed by atoms with Gasteiger partial charge in [0.15, 0.2) is 5.13 Å². The minimum atomic E-state index is -0.871. The second-order valence-electron chi connectivity index (χ2n) is 9.79. The van der Waals surface area contributed by atoms with Gasteiger partial charge in [-0.3, -0.25) is 10.1 Å². The Bertz CT molecular complexity index is 1040. The van der Waals surface area contributed by atoms with Crippen LogP contribution in [0.4, 0.5) is 18.7 Å². The molecule has 3 rings (SSSR count). The maximum Gasteiger partial charge on any atom is 0.323 e. The Morgan fingerprint density at radius 2 is 2.00 bits per heavy atom. The normalized spacial score (nSPS) is 18.1. The Balaban J connectivity index is 1.58. The second-order valence-corrected chi connectivity index (χ2v) is 12.1. The van der Waals surface area contributed by atoms with Gasteiger partial charge in [-0.1, -0.05) is 24.3 Å². The molecule has 0 aliphatic heterocycles. The number of halogens is 2. The molecule has 1 aromatic heterocycles. The molecule has 198 valence electrons. The van der Waals surface area contributed by atoms with Crippen LogP contribution in [0.5, 0.6) is 0 Å². The molecule has 0 saturated heterocycles. The lowest BCUT2D eigenvalue weighted by Crippen LogP contribution is -2.46. The Morgan fingerprint density at radius 1 is 1.28 bits per heavy atom. The van der Waals surface area contributed by atoms with Gasteiger partial charge in [0, 0.05) is 30.0 Å². The quantitative estimate of drug-likeness (QED) is 0.258. The van der Waals surface area contributed by atoms with Crippen LogP contribution in [0.25, 0.3) is 0 Å². The fraction of sp³-hybridized carbons (Fsp3) is 0.560. The first-order chi connectivity index (χ1) is 17.0. The van der Waals surface area contributed by atoms with E-state index in [2.05, 4.69) is 17.2 Å². The van der Waals surface area contributed by atoms with Crippen LogP contribution in [0, 0.1) is 23.0 Å². The number of carboxylic acids is 1. The van der Waals surface area contributed by atoms with E-state index in [1.165, 1.54) is 35.2 Å². The molecule has 11 heteroatoms. The minimum absolute atomic E-state index is 0.0109. The summed E-state index contributed by atoms with van der Waals surface area (Å²) in [6, 6.07) is 3.16. The highest BCUT2D eigenvalue weighted by Crippen LogP contribution is 2.34. The lowest BCUT2D eigenvalue weighted by molar-refractivity contribution is -0.145. The van der Waals surface area contributed by atoms with Crippen molar-refractivity contribution in [1.29, 1.82) is 0 Å². The van der Waals surface area contributed by atoms with Crippen molar-refractivity contribution >= 4 is 40.2 Å². The van der Waals surface area contributed by atoms with Gasteiger partial charge in [-0.2, -0.15) is 0 Å². The monoisotopic (exact) mass is 541 g/mol. The number of aromatic nitrogens is 1. The van der Waals surface area contributed by atoms with E-state index in [1.54, 1.807) is 24.9 Å². The predicted octanol–water partition coefficient (Wildman–Crippen LogP) is 6.25. The van der Waals surface area contributed by atoms with Gasteiger partial charge in [-0.25, -0.2) is 18.6 Å². The van der Waals surface area contributed by atoms with Gasteiger partial charge >= 0.3 is 12.0 Å². The molecule has 2 aromatic rings. The third-order valence-corrected chi connectivity index (χ3v) is 8.86. The molecule has 0 bridgehead atoms. The van der Waals surface area contributed by atoms with E-state index in [4.69, 9.17) is 4.74 Å². The molecule has 1 fully saturated rings. The van der Waals surface area contributed by atoms with Crippen LogP contribution in [0.1, 0.15) is 52.0 Å². The van der Waals surface area contributed by atoms with Crippen LogP contribution in [-0.4, -0.2) is 51.9 Å². The smallest absolute Gasteiger partial charge is 0.323 e. The summed E-state index contributed by atoms with van der Waals surface area (Å²) in [5.41, 5.74) is -0.609. The van der Waals surface area contributed by atoms with Crippen molar-refractivity contribution in [1.82, 2.24) is 9.88 Å². The molecule has 2 amide bonds. The molecular formula is C25H33F2N3O4S2. The van der Waals surface area contributed by atoms with Crippen molar-refractivity contribution in [3.8, 4) is 0 Å². The zero-order valence-corrected chi connectivity index (χ0v) is 22.4. The number of hydrogen-bond acceptors (Lipinski definition) is 6. The predicted molar refractivity (Wildman–Crippen MR) is 137 cm³/mol. The highest BCUT2D eigenvalue weighted by atomic mass is 32.2. The number of carbonyl (C=O) groups is 2. The molecule has 1 heterocycles. The summed E-state index contributed by atoms with van der Waals surface area (Å²) in [6.45, 7) is 6.07. The van der Waals surface area contributed by atoms with E-state index in [1.807, 2.05) is 0 Å². The SMILES string of the molecule is CC(C)(CSc1cnc(NC(=O)N(CCOCc2ccc(F)cc2F)[C@H]2CC[C@H](C)CC2)s1)C(=O)O. The van der Waals surface area contributed by atoms with Crippen molar-refractivity contribution in [3.63, 3.8) is 0 Å². The van der Waals surface area contributed by atoms with Crippen LogP contribution in [0.3, 0.4) is 0 Å². The van der Waals surface area contributed by atoms with Gasteiger partial charge in [0.1, 0.15) is 11.6 Å². The second kappa shape index (κ2) is 12.8.